The molecule has 3 atom stereocenters. The van der Waals surface area contributed by atoms with E-state index in [1.54, 1.807) is 50.1 Å². The molecular weight excluding hydrogens is 434 g/mol. The highest BCUT2D eigenvalue weighted by Crippen LogP contribution is 2.34. The molecule has 0 saturated carbocycles. The van der Waals surface area contributed by atoms with E-state index in [1.165, 1.54) is 4.90 Å². The number of likely N-dealkylation sites (tertiary alicyclic amines) is 1. The highest BCUT2D eigenvalue weighted by atomic mass is 32.2. The lowest BCUT2D eigenvalue weighted by atomic mass is 10.1. The maximum absolute atomic E-state index is 13.0. The van der Waals surface area contributed by atoms with Crippen LogP contribution in [0, 0.1) is 5.92 Å². The number of hydrogen-bond donors (Lipinski definition) is 1. The molecule has 8 heteroatoms. The fourth-order valence-electron chi connectivity index (χ4n) is 3.42. The van der Waals surface area contributed by atoms with Crippen molar-refractivity contribution in [2.75, 3.05) is 19.4 Å². The summed E-state index contributed by atoms with van der Waals surface area (Å²) < 4.78 is 5.09. The first-order valence-electron chi connectivity index (χ1n) is 9.95. The minimum Gasteiger partial charge on any atom is -0.497 e. The molecule has 2 aromatic rings. The molecule has 0 aromatic heterocycles. The molecule has 0 aliphatic carbocycles. The number of hydrogen-bond acceptors (Lipinski definition) is 6. The van der Waals surface area contributed by atoms with Gasteiger partial charge in [0.2, 0.25) is 11.0 Å². The number of carboxylic acid groups (broad SMARTS) is 1. The highest BCUT2D eigenvalue weighted by molar-refractivity contribution is 8.14. The first-order valence-corrected chi connectivity index (χ1v) is 11.8. The van der Waals surface area contributed by atoms with Gasteiger partial charge in [-0.3, -0.25) is 9.59 Å². The summed E-state index contributed by atoms with van der Waals surface area (Å²) in [6, 6.07) is 15.7. The van der Waals surface area contributed by atoms with E-state index < -0.39 is 17.9 Å². The Morgan fingerprint density at radius 3 is 2.42 bits per heavy atom. The van der Waals surface area contributed by atoms with Gasteiger partial charge in [-0.15, -0.1) is 11.8 Å². The van der Waals surface area contributed by atoms with Gasteiger partial charge in [-0.25, -0.2) is 4.79 Å². The van der Waals surface area contributed by atoms with E-state index in [-0.39, 0.29) is 16.3 Å². The number of benzene rings is 2. The van der Waals surface area contributed by atoms with Gasteiger partial charge < -0.3 is 14.7 Å². The third-order valence-corrected chi connectivity index (χ3v) is 7.47. The predicted molar refractivity (Wildman–Crippen MR) is 123 cm³/mol. The van der Waals surface area contributed by atoms with Gasteiger partial charge in [0.25, 0.3) is 0 Å². The van der Waals surface area contributed by atoms with E-state index >= 15 is 0 Å². The summed E-state index contributed by atoms with van der Waals surface area (Å²) in [4.78, 5) is 39.7. The Kier molecular flexibility index (Phi) is 8.03. The Bertz CT molecular complexity index is 919. The highest BCUT2D eigenvalue weighted by Gasteiger charge is 2.41. The van der Waals surface area contributed by atoms with Crippen molar-refractivity contribution in [1.82, 2.24) is 4.90 Å². The number of carboxylic acids is 1. The Labute approximate surface area is 190 Å². The van der Waals surface area contributed by atoms with Crippen molar-refractivity contribution < 1.29 is 24.2 Å². The molecule has 0 spiro atoms. The van der Waals surface area contributed by atoms with E-state index in [0.29, 0.717) is 30.0 Å². The van der Waals surface area contributed by atoms with Gasteiger partial charge in [0.15, 0.2) is 0 Å². The number of carbonyl (C=O) groups excluding carboxylic acids is 2. The van der Waals surface area contributed by atoms with Crippen LogP contribution in [-0.2, 0) is 9.59 Å². The molecule has 6 nitrogen and oxygen atoms in total. The van der Waals surface area contributed by atoms with Crippen LogP contribution in [-0.4, -0.2) is 57.7 Å². The average molecular weight is 460 g/mol. The van der Waals surface area contributed by atoms with E-state index in [4.69, 9.17) is 4.74 Å². The molecule has 164 valence electrons. The van der Waals surface area contributed by atoms with Gasteiger partial charge >= 0.3 is 5.97 Å². The van der Waals surface area contributed by atoms with Crippen LogP contribution < -0.4 is 4.74 Å². The van der Waals surface area contributed by atoms with Crippen LogP contribution in [0.5, 0.6) is 5.75 Å². The molecule has 1 saturated heterocycles. The third kappa shape index (κ3) is 6.04. The number of ether oxygens (including phenoxy) is 1. The van der Waals surface area contributed by atoms with Crippen LogP contribution in [0.15, 0.2) is 59.5 Å². The standard InChI is InChI=1S/C23H25NO5S2/c1-15(14-30-23(28)16-8-10-17(29-2)11-9-16)21(25)24-13-19(12-20(24)22(26)27)31-18-6-4-3-5-7-18/h3-11,15,19-20H,12-14H2,1-2H3,(H,26,27)/t15?,19-,20-/m0/s1. The van der Waals surface area contributed by atoms with Crippen LogP contribution >= 0.6 is 23.5 Å². The fourth-order valence-corrected chi connectivity index (χ4v) is 5.48. The largest absolute Gasteiger partial charge is 0.497 e. The second-order valence-corrected chi connectivity index (χ2v) is 9.73. The van der Waals surface area contributed by atoms with Crippen molar-refractivity contribution in [3.05, 3.63) is 60.2 Å². The Hall–Kier alpha value is -2.45. The summed E-state index contributed by atoms with van der Waals surface area (Å²) in [5.74, 6) is -0.711. The van der Waals surface area contributed by atoms with Gasteiger partial charge in [-0.1, -0.05) is 36.9 Å². The van der Waals surface area contributed by atoms with E-state index in [1.807, 2.05) is 30.3 Å². The Morgan fingerprint density at radius 1 is 1.13 bits per heavy atom. The fraction of sp³-hybridized carbons (Fsp3) is 0.348. The third-order valence-electron chi connectivity index (χ3n) is 5.09. The van der Waals surface area contributed by atoms with E-state index in [9.17, 15) is 19.5 Å². The number of rotatable bonds is 8. The van der Waals surface area contributed by atoms with Crippen LogP contribution in [0.2, 0.25) is 0 Å². The predicted octanol–water partition coefficient (Wildman–Crippen LogP) is 4.05. The summed E-state index contributed by atoms with van der Waals surface area (Å²) in [6.45, 7) is 2.13. The molecule has 1 N–H and O–H groups in total. The zero-order chi connectivity index (χ0) is 22.4. The molecular formula is C23H25NO5S2. The molecule has 0 bridgehead atoms. The van der Waals surface area contributed by atoms with Crippen LogP contribution in [0.25, 0.3) is 0 Å². The zero-order valence-electron chi connectivity index (χ0n) is 17.4. The molecule has 1 amide bonds. The number of aliphatic carboxylic acids is 1. The van der Waals surface area contributed by atoms with Crippen molar-refractivity contribution in [3.63, 3.8) is 0 Å². The van der Waals surface area contributed by atoms with Crippen LogP contribution in [0.1, 0.15) is 23.7 Å². The number of thioether (sulfide) groups is 2. The zero-order valence-corrected chi connectivity index (χ0v) is 19.0. The summed E-state index contributed by atoms with van der Waals surface area (Å²) in [6.07, 6.45) is 0.408. The van der Waals surface area contributed by atoms with Gasteiger partial charge in [0.05, 0.1) is 7.11 Å². The average Bonchev–Trinajstić information content (AvgIpc) is 3.21. The second kappa shape index (κ2) is 10.7. The maximum atomic E-state index is 13.0. The van der Waals surface area contributed by atoms with E-state index in [2.05, 4.69) is 0 Å². The minimum atomic E-state index is -0.987. The molecule has 1 aliphatic heterocycles. The second-order valence-electron chi connectivity index (χ2n) is 7.36. The maximum Gasteiger partial charge on any atom is 0.326 e. The smallest absolute Gasteiger partial charge is 0.326 e. The minimum absolute atomic E-state index is 0.0215. The summed E-state index contributed by atoms with van der Waals surface area (Å²) in [5, 5.41) is 9.53. The molecule has 1 unspecified atom stereocenters. The Morgan fingerprint density at radius 2 is 1.81 bits per heavy atom. The SMILES string of the molecule is COc1ccc(C(=O)SCC(C)C(=O)N2C[C@@H](Sc3ccccc3)C[C@H]2C(=O)O)cc1. The van der Waals surface area contributed by atoms with Gasteiger partial charge in [0.1, 0.15) is 11.8 Å². The molecule has 0 radical (unpaired) electrons. The topological polar surface area (TPSA) is 83.9 Å². The summed E-state index contributed by atoms with van der Waals surface area (Å²) in [7, 11) is 1.56. The number of amides is 1. The van der Waals surface area contributed by atoms with Crippen molar-refractivity contribution >= 4 is 40.5 Å². The van der Waals surface area contributed by atoms with Gasteiger partial charge in [-0.2, -0.15) is 0 Å². The molecule has 1 fully saturated rings. The van der Waals surface area contributed by atoms with Gasteiger partial charge in [-0.05, 0) is 42.8 Å². The molecule has 31 heavy (non-hydrogen) atoms. The molecule has 2 aromatic carbocycles. The van der Waals surface area contributed by atoms with Crippen LogP contribution in [0.3, 0.4) is 0 Å². The van der Waals surface area contributed by atoms with Crippen molar-refractivity contribution in [2.45, 2.75) is 29.5 Å². The van der Waals surface area contributed by atoms with E-state index in [0.717, 1.165) is 16.7 Å². The van der Waals surface area contributed by atoms with Gasteiger partial charge in [0, 0.05) is 33.9 Å². The summed E-state index contributed by atoms with van der Waals surface area (Å²) in [5.41, 5.74) is 0.536. The lowest BCUT2D eigenvalue weighted by Crippen LogP contribution is -2.43. The Balaban J connectivity index is 1.58. The van der Waals surface area contributed by atoms with Crippen molar-refractivity contribution in [1.29, 1.82) is 0 Å². The number of nitrogens with zero attached hydrogens (tertiary/aromatic N) is 1. The lowest BCUT2D eigenvalue weighted by molar-refractivity contribution is -0.149. The number of carbonyl (C=O) groups is 3. The first kappa shape index (κ1) is 23.2. The monoisotopic (exact) mass is 459 g/mol. The normalized spacial score (nSPS) is 19.1. The number of methoxy groups -OCH3 is 1. The molecule has 1 aliphatic rings. The summed E-state index contributed by atoms with van der Waals surface area (Å²) >= 11 is 2.67. The van der Waals surface area contributed by atoms with Crippen molar-refractivity contribution in [2.24, 2.45) is 5.92 Å². The first-order chi connectivity index (χ1) is 14.9. The quantitative estimate of drug-likeness (QED) is 0.637. The van der Waals surface area contributed by atoms with Crippen molar-refractivity contribution in [3.8, 4) is 5.75 Å². The van der Waals surface area contributed by atoms with Crippen LogP contribution in [0.4, 0.5) is 0 Å². The lowest BCUT2D eigenvalue weighted by Gasteiger charge is -2.24. The molecule has 3 rings (SSSR count). The molecule has 1 heterocycles.